The molecular weight excluding hydrogens is 242 g/mol. The fourth-order valence-electron chi connectivity index (χ4n) is 1.92. The van der Waals surface area contributed by atoms with Crippen molar-refractivity contribution in [3.8, 4) is 0 Å². The molecule has 1 aromatic rings. The molecule has 1 aliphatic rings. The van der Waals surface area contributed by atoms with E-state index in [0.717, 1.165) is 12.8 Å². The van der Waals surface area contributed by atoms with Crippen molar-refractivity contribution in [2.24, 2.45) is 0 Å². The van der Waals surface area contributed by atoms with Crippen molar-refractivity contribution in [2.45, 2.75) is 18.8 Å². The molecule has 2 heterocycles. The Morgan fingerprint density at radius 1 is 1.41 bits per heavy atom. The Morgan fingerprint density at radius 2 is 2.06 bits per heavy atom. The quantitative estimate of drug-likeness (QED) is 0.789. The fourth-order valence-corrected chi connectivity index (χ4v) is 2.91. The third-order valence-corrected chi connectivity index (χ3v) is 4.66. The van der Waals surface area contributed by atoms with Crippen molar-refractivity contribution in [1.29, 1.82) is 0 Å². The monoisotopic (exact) mass is 259 g/mol. The van der Waals surface area contributed by atoms with Gasteiger partial charge >= 0.3 is 10.2 Å². The van der Waals surface area contributed by atoms with Gasteiger partial charge in [-0.1, -0.05) is 0 Å². The topological polar surface area (TPSA) is 64.4 Å². The summed E-state index contributed by atoms with van der Waals surface area (Å²) in [5.74, 6) is 0.774. The van der Waals surface area contributed by atoms with Crippen LogP contribution in [0.5, 0.6) is 0 Å². The highest BCUT2D eigenvalue weighted by Crippen LogP contribution is 2.26. The molecule has 96 valence electrons. The Kier molecular flexibility index (Phi) is 3.50. The van der Waals surface area contributed by atoms with Crippen LogP contribution in [0.4, 0.5) is 0 Å². The van der Waals surface area contributed by atoms with Gasteiger partial charge in [-0.3, -0.25) is 0 Å². The highest BCUT2D eigenvalue weighted by molar-refractivity contribution is 7.87. The zero-order chi connectivity index (χ0) is 12.5. The molecule has 1 aliphatic heterocycles. The van der Waals surface area contributed by atoms with E-state index in [4.69, 9.17) is 4.74 Å². The summed E-state index contributed by atoms with van der Waals surface area (Å²) in [5.41, 5.74) is 0. The van der Waals surface area contributed by atoms with E-state index in [1.807, 2.05) is 0 Å². The lowest BCUT2D eigenvalue weighted by molar-refractivity contribution is 0.0834. The molecule has 0 N–H and O–H groups in total. The van der Waals surface area contributed by atoms with Crippen molar-refractivity contribution < 1.29 is 13.2 Å². The van der Waals surface area contributed by atoms with Gasteiger partial charge in [-0.2, -0.15) is 12.7 Å². The number of hydrogen-bond acceptors (Lipinski definition) is 4. The molecule has 0 spiro atoms. The van der Waals surface area contributed by atoms with Gasteiger partial charge in [-0.15, -0.1) is 0 Å². The number of aromatic nitrogens is 2. The van der Waals surface area contributed by atoms with E-state index < -0.39 is 10.2 Å². The minimum absolute atomic E-state index is 0.161. The van der Waals surface area contributed by atoms with E-state index in [0.29, 0.717) is 19.0 Å². The normalized spacial score (nSPS) is 18.8. The van der Waals surface area contributed by atoms with Gasteiger partial charge in [-0.25, -0.2) is 8.96 Å². The summed E-state index contributed by atoms with van der Waals surface area (Å²) < 4.78 is 31.9. The first-order valence-electron chi connectivity index (χ1n) is 5.57. The Labute approximate surface area is 101 Å². The third kappa shape index (κ3) is 2.36. The second kappa shape index (κ2) is 4.75. The molecule has 0 bridgehead atoms. The summed E-state index contributed by atoms with van der Waals surface area (Å²) in [5, 5.41) is 0. The van der Waals surface area contributed by atoms with Crippen LogP contribution in [-0.4, -0.2) is 49.0 Å². The van der Waals surface area contributed by atoms with Crippen LogP contribution < -0.4 is 0 Å². The molecule has 7 heteroatoms. The zero-order valence-electron chi connectivity index (χ0n) is 10.0. The van der Waals surface area contributed by atoms with Crippen LogP contribution in [0.15, 0.2) is 12.4 Å². The van der Waals surface area contributed by atoms with Gasteiger partial charge in [0.15, 0.2) is 0 Å². The summed E-state index contributed by atoms with van der Waals surface area (Å²) >= 11 is 0. The first kappa shape index (κ1) is 12.5. The number of rotatable bonds is 3. The molecule has 0 unspecified atom stereocenters. The maximum Gasteiger partial charge on any atom is 0.308 e. The molecule has 0 radical (unpaired) electrons. The Balaban J connectivity index is 2.34. The summed E-state index contributed by atoms with van der Waals surface area (Å²) in [6.45, 7) is 1.33. The number of hydrogen-bond donors (Lipinski definition) is 0. The van der Waals surface area contributed by atoms with Crippen molar-refractivity contribution in [2.75, 3.05) is 27.3 Å². The lowest BCUT2D eigenvalue weighted by Crippen LogP contribution is -2.31. The SMILES string of the molecule is CN(C)S(=O)(=O)n1ccnc1C1CCOCC1. The van der Waals surface area contributed by atoms with E-state index in [1.165, 1.54) is 34.8 Å². The van der Waals surface area contributed by atoms with Crippen molar-refractivity contribution in [3.63, 3.8) is 0 Å². The van der Waals surface area contributed by atoms with E-state index in [9.17, 15) is 8.42 Å². The molecule has 6 nitrogen and oxygen atoms in total. The van der Waals surface area contributed by atoms with Gasteiger partial charge < -0.3 is 4.74 Å². The minimum atomic E-state index is -3.47. The van der Waals surface area contributed by atoms with Crippen molar-refractivity contribution in [1.82, 2.24) is 13.3 Å². The highest BCUT2D eigenvalue weighted by atomic mass is 32.2. The molecule has 0 aliphatic carbocycles. The van der Waals surface area contributed by atoms with Crippen LogP contribution in [0, 0.1) is 0 Å². The van der Waals surface area contributed by atoms with Crippen LogP contribution in [0.3, 0.4) is 0 Å². The smallest absolute Gasteiger partial charge is 0.308 e. The lowest BCUT2D eigenvalue weighted by Gasteiger charge is -2.23. The fraction of sp³-hybridized carbons (Fsp3) is 0.700. The summed E-state index contributed by atoms with van der Waals surface area (Å²) in [7, 11) is -0.433. The predicted molar refractivity (Wildman–Crippen MR) is 63.0 cm³/mol. The van der Waals surface area contributed by atoms with Crippen LogP contribution in [0.2, 0.25) is 0 Å². The van der Waals surface area contributed by atoms with E-state index in [1.54, 1.807) is 0 Å². The third-order valence-electron chi connectivity index (χ3n) is 2.93. The van der Waals surface area contributed by atoms with Gasteiger partial charge in [0.25, 0.3) is 0 Å². The van der Waals surface area contributed by atoms with Crippen LogP contribution in [0.25, 0.3) is 0 Å². The summed E-state index contributed by atoms with van der Waals surface area (Å²) in [6, 6.07) is 0. The van der Waals surface area contributed by atoms with Crippen LogP contribution in [0.1, 0.15) is 24.6 Å². The molecule has 0 aromatic carbocycles. The number of nitrogens with zero attached hydrogens (tertiary/aromatic N) is 3. The van der Waals surface area contributed by atoms with Gasteiger partial charge in [0.2, 0.25) is 0 Å². The van der Waals surface area contributed by atoms with Gasteiger partial charge in [0.1, 0.15) is 5.82 Å². The predicted octanol–water partition coefficient (Wildman–Crippen LogP) is 0.432. The van der Waals surface area contributed by atoms with Gasteiger partial charge in [0, 0.05) is 45.6 Å². The zero-order valence-corrected chi connectivity index (χ0v) is 10.9. The molecule has 1 aromatic heterocycles. The summed E-state index contributed by atoms with van der Waals surface area (Å²) in [6.07, 6.45) is 4.67. The second-order valence-electron chi connectivity index (χ2n) is 4.26. The molecule has 0 amide bonds. The number of ether oxygens (including phenoxy) is 1. The molecule has 1 saturated heterocycles. The molecule has 17 heavy (non-hydrogen) atoms. The second-order valence-corrected chi connectivity index (χ2v) is 6.28. The minimum Gasteiger partial charge on any atom is -0.381 e. The van der Waals surface area contributed by atoms with E-state index >= 15 is 0 Å². The first-order valence-corrected chi connectivity index (χ1v) is 6.97. The largest absolute Gasteiger partial charge is 0.381 e. The standard InChI is InChI=1S/C10H17N3O3S/c1-12(2)17(14,15)13-6-5-11-10(13)9-3-7-16-8-4-9/h5-6,9H,3-4,7-8H2,1-2H3. The van der Waals surface area contributed by atoms with Crippen molar-refractivity contribution in [3.05, 3.63) is 18.2 Å². The summed E-state index contributed by atoms with van der Waals surface area (Å²) in [4.78, 5) is 4.19. The Hall–Kier alpha value is -0.920. The van der Waals surface area contributed by atoms with Crippen LogP contribution >= 0.6 is 0 Å². The maximum atomic E-state index is 12.1. The Morgan fingerprint density at radius 3 is 2.65 bits per heavy atom. The molecule has 0 saturated carbocycles. The highest BCUT2D eigenvalue weighted by Gasteiger charge is 2.26. The Bertz CT molecular complexity index is 475. The maximum absolute atomic E-state index is 12.1. The first-order chi connectivity index (χ1) is 8.03. The average Bonchev–Trinajstić information content (AvgIpc) is 2.79. The lowest BCUT2D eigenvalue weighted by atomic mass is 10.00. The van der Waals surface area contributed by atoms with E-state index in [2.05, 4.69) is 4.98 Å². The number of imidazole rings is 1. The van der Waals surface area contributed by atoms with Crippen LogP contribution in [-0.2, 0) is 14.9 Å². The molecule has 2 rings (SSSR count). The molecule has 0 atom stereocenters. The average molecular weight is 259 g/mol. The van der Waals surface area contributed by atoms with Gasteiger partial charge in [0.05, 0.1) is 0 Å². The van der Waals surface area contributed by atoms with E-state index in [-0.39, 0.29) is 5.92 Å². The molecular formula is C10H17N3O3S. The van der Waals surface area contributed by atoms with Crippen molar-refractivity contribution >= 4 is 10.2 Å². The van der Waals surface area contributed by atoms with Gasteiger partial charge in [-0.05, 0) is 12.8 Å². The molecule has 1 fully saturated rings.